The molecule has 0 unspecified atom stereocenters. The second-order valence-electron chi connectivity index (χ2n) is 3.10. The second-order valence-corrected chi connectivity index (χ2v) is 4.02. The predicted octanol–water partition coefficient (Wildman–Crippen LogP) is 2.36. The number of rotatable bonds is 6. The van der Waals surface area contributed by atoms with Gasteiger partial charge in [-0.2, -0.15) is 0 Å². The molecule has 0 heterocycles. The average molecular weight is 275 g/mol. The fourth-order valence-electron chi connectivity index (χ4n) is 1.20. The number of hydrogen-bond acceptors (Lipinski definition) is 3. The Hall–Kier alpha value is -0.580. The molecule has 0 atom stereocenters. The van der Waals surface area contributed by atoms with Gasteiger partial charge < -0.3 is 14.6 Å². The molecule has 0 radical (unpaired) electrons. The monoisotopic (exact) mass is 274 g/mol. The fourth-order valence-corrected chi connectivity index (χ4v) is 1.61. The molecule has 0 aliphatic rings. The van der Waals surface area contributed by atoms with E-state index in [4.69, 9.17) is 14.6 Å². The van der Waals surface area contributed by atoms with Gasteiger partial charge in [0.25, 0.3) is 0 Å². The van der Waals surface area contributed by atoms with Crippen molar-refractivity contribution in [2.45, 2.75) is 13.0 Å². The molecule has 0 saturated carbocycles. The molecule has 0 spiro atoms. The molecule has 1 aromatic rings. The van der Waals surface area contributed by atoms with Crippen LogP contribution in [0.2, 0.25) is 0 Å². The van der Waals surface area contributed by atoms with Crippen LogP contribution in [0.3, 0.4) is 0 Å². The molecule has 1 rings (SSSR count). The molecule has 15 heavy (non-hydrogen) atoms. The summed E-state index contributed by atoms with van der Waals surface area (Å²) >= 11 is 3.34. The highest BCUT2D eigenvalue weighted by Crippen LogP contribution is 2.23. The second kappa shape index (κ2) is 6.82. The normalized spacial score (nSPS) is 10.3. The minimum atomic E-state index is -0.0148. The molecule has 84 valence electrons. The van der Waals surface area contributed by atoms with Gasteiger partial charge in [0.1, 0.15) is 5.75 Å². The van der Waals surface area contributed by atoms with Gasteiger partial charge >= 0.3 is 0 Å². The van der Waals surface area contributed by atoms with Gasteiger partial charge in [-0.25, -0.2) is 0 Å². The maximum Gasteiger partial charge on any atom is 0.124 e. The first-order valence-electron chi connectivity index (χ1n) is 4.79. The highest BCUT2D eigenvalue weighted by molar-refractivity contribution is 9.10. The SMILES string of the molecule is COCCCOc1ccc(Br)cc1CO. The molecule has 0 amide bonds. The van der Waals surface area contributed by atoms with E-state index in [9.17, 15) is 0 Å². The van der Waals surface area contributed by atoms with E-state index < -0.39 is 0 Å². The summed E-state index contributed by atoms with van der Waals surface area (Å²) in [6.07, 6.45) is 0.845. The molecule has 1 N–H and O–H groups in total. The van der Waals surface area contributed by atoms with Gasteiger partial charge in [-0.05, 0) is 18.2 Å². The van der Waals surface area contributed by atoms with Crippen LogP contribution in [0.4, 0.5) is 0 Å². The topological polar surface area (TPSA) is 38.7 Å². The van der Waals surface area contributed by atoms with Gasteiger partial charge in [0, 0.05) is 30.2 Å². The summed E-state index contributed by atoms with van der Waals surface area (Å²) in [5, 5.41) is 9.12. The highest BCUT2D eigenvalue weighted by atomic mass is 79.9. The summed E-state index contributed by atoms with van der Waals surface area (Å²) in [5.41, 5.74) is 0.793. The Morgan fingerprint density at radius 3 is 2.80 bits per heavy atom. The molecule has 3 nitrogen and oxygen atoms in total. The van der Waals surface area contributed by atoms with Crippen molar-refractivity contribution in [2.24, 2.45) is 0 Å². The van der Waals surface area contributed by atoms with Crippen molar-refractivity contribution < 1.29 is 14.6 Å². The van der Waals surface area contributed by atoms with Crippen LogP contribution in [0.1, 0.15) is 12.0 Å². The standard InChI is InChI=1S/C11H15BrO3/c1-14-5-2-6-15-11-4-3-10(12)7-9(11)8-13/h3-4,7,13H,2,5-6,8H2,1H3. The van der Waals surface area contributed by atoms with E-state index in [0.717, 1.165) is 22.2 Å². The molecule has 0 saturated heterocycles. The first-order chi connectivity index (χ1) is 7.27. The third kappa shape index (κ3) is 4.20. The summed E-state index contributed by atoms with van der Waals surface area (Å²) in [7, 11) is 1.67. The molecule has 0 aliphatic carbocycles. The largest absolute Gasteiger partial charge is 0.493 e. The van der Waals surface area contributed by atoms with Crippen molar-refractivity contribution >= 4 is 15.9 Å². The smallest absolute Gasteiger partial charge is 0.124 e. The molecule has 0 bridgehead atoms. The van der Waals surface area contributed by atoms with Crippen LogP contribution in [0.25, 0.3) is 0 Å². The van der Waals surface area contributed by atoms with Gasteiger partial charge in [-0.3, -0.25) is 0 Å². The zero-order chi connectivity index (χ0) is 11.1. The zero-order valence-electron chi connectivity index (χ0n) is 8.70. The lowest BCUT2D eigenvalue weighted by Gasteiger charge is -2.10. The number of benzene rings is 1. The Kier molecular flexibility index (Phi) is 5.68. The number of aliphatic hydroxyl groups excluding tert-OH is 1. The predicted molar refractivity (Wildman–Crippen MR) is 62.1 cm³/mol. The van der Waals surface area contributed by atoms with Gasteiger partial charge in [-0.15, -0.1) is 0 Å². The van der Waals surface area contributed by atoms with Crippen LogP contribution >= 0.6 is 15.9 Å². The summed E-state index contributed by atoms with van der Waals surface area (Å²) in [4.78, 5) is 0. The van der Waals surface area contributed by atoms with E-state index in [0.29, 0.717) is 13.2 Å². The lowest BCUT2D eigenvalue weighted by Crippen LogP contribution is -2.03. The van der Waals surface area contributed by atoms with Crippen molar-refractivity contribution in [1.82, 2.24) is 0 Å². The number of hydrogen-bond donors (Lipinski definition) is 1. The van der Waals surface area contributed by atoms with Crippen molar-refractivity contribution in [3.63, 3.8) is 0 Å². The number of ether oxygens (including phenoxy) is 2. The van der Waals surface area contributed by atoms with Crippen LogP contribution in [-0.2, 0) is 11.3 Å². The van der Waals surface area contributed by atoms with E-state index >= 15 is 0 Å². The minimum Gasteiger partial charge on any atom is -0.493 e. The third-order valence-corrected chi connectivity index (χ3v) is 2.44. The zero-order valence-corrected chi connectivity index (χ0v) is 10.3. The van der Waals surface area contributed by atoms with Gasteiger partial charge in [0.15, 0.2) is 0 Å². The minimum absolute atomic E-state index is 0.0148. The fraction of sp³-hybridized carbons (Fsp3) is 0.455. The molecule has 1 aromatic carbocycles. The Morgan fingerprint density at radius 2 is 2.13 bits per heavy atom. The third-order valence-electron chi connectivity index (χ3n) is 1.94. The first kappa shape index (κ1) is 12.5. The van der Waals surface area contributed by atoms with Crippen LogP contribution in [0, 0.1) is 0 Å². The van der Waals surface area contributed by atoms with Crippen LogP contribution in [0.5, 0.6) is 5.75 Å². The highest BCUT2D eigenvalue weighted by Gasteiger charge is 2.03. The number of halogens is 1. The number of aliphatic hydroxyl groups is 1. The van der Waals surface area contributed by atoms with Gasteiger partial charge in [0.2, 0.25) is 0 Å². The molecule has 0 fully saturated rings. The maximum atomic E-state index is 9.12. The van der Waals surface area contributed by atoms with Crippen LogP contribution in [0.15, 0.2) is 22.7 Å². The Morgan fingerprint density at radius 1 is 1.33 bits per heavy atom. The average Bonchev–Trinajstić information content (AvgIpc) is 2.26. The van der Waals surface area contributed by atoms with E-state index in [1.54, 1.807) is 7.11 Å². The van der Waals surface area contributed by atoms with Crippen molar-refractivity contribution in [3.05, 3.63) is 28.2 Å². The number of methoxy groups -OCH3 is 1. The lowest BCUT2D eigenvalue weighted by molar-refractivity contribution is 0.170. The van der Waals surface area contributed by atoms with Crippen molar-refractivity contribution in [3.8, 4) is 5.75 Å². The van der Waals surface area contributed by atoms with E-state index in [1.165, 1.54) is 0 Å². The van der Waals surface area contributed by atoms with E-state index in [-0.39, 0.29) is 6.61 Å². The summed E-state index contributed by atoms with van der Waals surface area (Å²) in [5.74, 6) is 0.733. The summed E-state index contributed by atoms with van der Waals surface area (Å²) < 4.78 is 11.4. The van der Waals surface area contributed by atoms with Crippen molar-refractivity contribution in [1.29, 1.82) is 0 Å². The Labute approximate surface area is 98.1 Å². The Bertz CT molecular complexity index is 302. The first-order valence-corrected chi connectivity index (χ1v) is 5.58. The van der Waals surface area contributed by atoms with E-state index in [2.05, 4.69) is 15.9 Å². The Balaban J connectivity index is 2.52. The molecule has 0 aliphatic heterocycles. The van der Waals surface area contributed by atoms with Gasteiger partial charge in [-0.1, -0.05) is 15.9 Å². The quantitative estimate of drug-likeness (QED) is 0.810. The lowest BCUT2D eigenvalue weighted by atomic mass is 10.2. The van der Waals surface area contributed by atoms with Gasteiger partial charge in [0.05, 0.1) is 13.2 Å². The molecular weight excluding hydrogens is 260 g/mol. The van der Waals surface area contributed by atoms with Crippen LogP contribution in [-0.4, -0.2) is 25.4 Å². The summed E-state index contributed by atoms with van der Waals surface area (Å²) in [6, 6.07) is 5.60. The molecule has 4 heteroatoms. The van der Waals surface area contributed by atoms with E-state index in [1.807, 2.05) is 18.2 Å². The maximum absolute atomic E-state index is 9.12. The van der Waals surface area contributed by atoms with Crippen LogP contribution < -0.4 is 4.74 Å². The molecular formula is C11H15BrO3. The van der Waals surface area contributed by atoms with Crippen molar-refractivity contribution in [2.75, 3.05) is 20.3 Å². The molecule has 0 aromatic heterocycles. The summed E-state index contributed by atoms with van der Waals surface area (Å²) in [6.45, 7) is 1.27.